The van der Waals surface area contributed by atoms with Crippen LogP contribution in [0.3, 0.4) is 0 Å². The van der Waals surface area contributed by atoms with Crippen LogP contribution >= 0.6 is 0 Å². The minimum absolute atomic E-state index is 0.667. The van der Waals surface area contributed by atoms with E-state index < -0.39 is 0 Å². The SMILES string of the molecule is Cc1ccnc(-c2ccc(NC=O)cc2)c1. The summed E-state index contributed by atoms with van der Waals surface area (Å²) in [5.41, 5.74) is 3.95. The van der Waals surface area contributed by atoms with Gasteiger partial charge in [-0.1, -0.05) is 12.1 Å². The van der Waals surface area contributed by atoms with Gasteiger partial charge in [-0.25, -0.2) is 0 Å². The number of amides is 1. The van der Waals surface area contributed by atoms with Gasteiger partial charge in [-0.15, -0.1) is 0 Å². The van der Waals surface area contributed by atoms with Gasteiger partial charge >= 0.3 is 0 Å². The van der Waals surface area contributed by atoms with Crippen LogP contribution in [-0.2, 0) is 4.79 Å². The molecule has 0 spiro atoms. The van der Waals surface area contributed by atoms with Crippen LogP contribution in [0.15, 0.2) is 42.6 Å². The fourth-order valence-corrected chi connectivity index (χ4v) is 1.50. The maximum Gasteiger partial charge on any atom is 0.211 e. The van der Waals surface area contributed by atoms with E-state index in [9.17, 15) is 4.79 Å². The van der Waals surface area contributed by atoms with Crippen LogP contribution in [0, 0.1) is 6.92 Å². The number of anilines is 1. The fraction of sp³-hybridized carbons (Fsp3) is 0.0769. The van der Waals surface area contributed by atoms with Crippen LogP contribution in [-0.4, -0.2) is 11.4 Å². The van der Waals surface area contributed by atoms with Crippen molar-refractivity contribution in [1.29, 1.82) is 0 Å². The summed E-state index contributed by atoms with van der Waals surface area (Å²) in [7, 11) is 0. The molecule has 0 aliphatic rings. The van der Waals surface area contributed by atoms with Crippen molar-refractivity contribution in [3.63, 3.8) is 0 Å². The lowest BCUT2D eigenvalue weighted by Gasteiger charge is -2.03. The van der Waals surface area contributed by atoms with Crippen molar-refractivity contribution in [2.45, 2.75) is 6.92 Å². The lowest BCUT2D eigenvalue weighted by atomic mass is 10.1. The van der Waals surface area contributed by atoms with Gasteiger partial charge in [-0.3, -0.25) is 9.78 Å². The van der Waals surface area contributed by atoms with E-state index in [2.05, 4.69) is 10.3 Å². The maximum absolute atomic E-state index is 10.3. The second-order valence-corrected chi connectivity index (χ2v) is 3.56. The molecule has 0 saturated carbocycles. The Morgan fingerprint density at radius 1 is 1.19 bits per heavy atom. The monoisotopic (exact) mass is 212 g/mol. The van der Waals surface area contributed by atoms with Gasteiger partial charge < -0.3 is 5.32 Å². The minimum atomic E-state index is 0.667. The summed E-state index contributed by atoms with van der Waals surface area (Å²) in [4.78, 5) is 14.5. The first-order valence-electron chi connectivity index (χ1n) is 5.03. The Bertz CT molecular complexity index is 492. The van der Waals surface area contributed by atoms with Crippen LogP contribution in [0.2, 0.25) is 0 Å². The molecule has 0 aliphatic heterocycles. The Hall–Kier alpha value is -2.16. The first-order valence-corrected chi connectivity index (χ1v) is 5.03. The third-order valence-electron chi connectivity index (χ3n) is 2.32. The Morgan fingerprint density at radius 2 is 1.94 bits per heavy atom. The van der Waals surface area contributed by atoms with Crippen LogP contribution in [0.4, 0.5) is 5.69 Å². The second kappa shape index (κ2) is 4.57. The Balaban J connectivity index is 2.31. The highest BCUT2D eigenvalue weighted by Crippen LogP contribution is 2.19. The molecule has 16 heavy (non-hydrogen) atoms. The molecule has 0 fully saturated rings. The molecule has 2 aromatic rings. The molecule has 80 valence electrons. The lowest BCUT2D eigenvalue weighted by Crippen LogP contribution is -1.93. The van der Waals surface area contributed by atoms with Gasteiger partial charge in [-0.2, -0.15) is 0 Å². The van der Waals surface area contributed by atoms with Crippen molar-refractivity contribution in [1.82, 2.24) is 4.98 Å². The van der Waals surface area contributed by atoms with E-state index >= 15 is 0 Å². The van der Waals surface area contributed by atoms with Crippen LogP contribution in [0.1, 0.15) is 5.56 Å². The molecular formula is C13H12N2O. The molecule has 1 N–H and O–H groups in total. The van der Waals surface area contributed by atoms with Gasteiger partial charge in [0, 0.05) is 17.4 Å². The molecule has 1 amide bonds. The van der Waals surface area contributed by atoms with Crippen LogP contribution in [0.5, 0.6) is 0 Å². The molecule has 3 nitrogen and oxygen atoms in total. The van der Waals surface area contributed by atoms with Gasteiger partial charge in [0.25, 0.3) is 0 Å². The summed E-state index contributed by atoms with van der Waals surface area (Å²) in [6, 6.07) is 11.6. The third kappa shape index (κ3) is 2.25. The van der Waals surface area contributed by atoms with Crippen molar-refractivity contribution in [2.75, 3.05) is 5.32 Å². The Kier molecular flexibility index (Phi) is 2.96. The molecule has 0 saturated heterocycles. The predicted molar refractivity (Wildman–Crippen MR) is 64.1 cm³/mol. The molecule has 3 heteroatoms. The smallest absolute Gasteiger partial charge is 0.211 e. The summed E-state index contributed by atoms with van der Waals surface area (Å²) in [5.74, 6) is 0. The molecule has 0 bridgehead atoms. The summed E-state index contributed by atoms with van der Waals surface area (Å²) >= 11 is 0. The lowest BCUT2D eigenvalue weighted by molar-refractivity contribution is -0.105. The summed E-state index contributed by atoms with van der Waals surface area (Å²) in [5, 5.41) is 2.60. The highest BCUT2D eigenvalue weighted by atomic mass is 16.1. The molecule has 1 aromatic heterocycles. The number of carbonyl (C=O) groups excluding carboxylic acids is 1. The van der Waals surface area contributed by atoms with Crippen LogP contribution in [0.25, 0.3) is 11.3 Å². The first kappa shape index (κ1) is 10.4. The molecule has 0 radical (unpaired) electrons. The highest BCUT2D eigenvalue weighted by Gasteiger charge is 1.99. The molecule has 1 heterocycles. The van der Waals surface area contributed by atoms with E-state index in [0.717, 1.165) is 16.9 Å². The average Bonchev–Trinajstić information content (AvgIpc) is 2.30. The number of benzene rings is 1. The van der Waals surface area contributed by atoms with Crippen molar-refractivity contribution in [2.24, 2.45) is 0 Å². The van der Waals surface area contributed by atoms with E-state index in [1.165, 1.54) is 5.56 Å². The van der Waals surface area contributed by atoms with Gasteiger partial charge in [0.2, 0.25) is 6.41 Å². The molecule has 1 aromatic carbocycles. The number of hydrogen-bond acceptors (Lipinski definition) is 2. The first-order chi connectivity index (χ1) is 7.79. The number of nitrogens with zero attached hydrogens (tertiary/aromatic N) is 1. The van der Waals surface area contributed by atoms with Crippen molar-refractivity contribution in [3.8, 4) is 11.3 Å². The van der Waals surface area contributed by atoms with E-state index in [4.69, 9.17) is 0 Å². The van der Waals surface area contributed by atoms with Crippen LogP contribution < -0.4 is 5.32 Å². The zero-order valence-corrected chi connectivity index (χ0v) is 8.97. The van der Waals surface area contributed by atoms with E-state index in [1.54, 1.807) is 6.20 Å². The Labute approximate surface area is 94.1 Å². The van der Waals surface area contributed by atoms with E-state index in [1.807, 2.05) is 43.3 Å². The zero-order valence-electron chi connectivity index (χ0n) is 8.97. The molecular weight excluding hydrogens is 200 g/mol. The molecule has 0 atom stereocenters. The van der Waals surface area contributed by atoms with Crippen molar-refractivity contribution >= 4 is 12.1 Å². The topological polar surface area (TPSA) is 42.0 Å². The third-order valence-corrected chi connectivity index (χ3v) is 2.32. The summed E-state index contributed by atoms with van der Waals surface area (Å²) < 4.78 is 0. The number of rotatable bonds is 3. The zero-order chi connectivity index (χ0) is 11.4. The minimum Gasteiger partial charge on any atom is -0.329 e. The van der Waals surface area contributed by atoms with Gasteiger partial charge in [-0.05, 0) is 36.8 Å². The van der Waals surface area contributed by atoms with Gasteiger partial charge in [0.1, 0.15) is 0 Å². The Morgan fingerprint density at radius 3 is 2.56 bits per heavy atom. The average molecular weight is 212 g/mol. The standard InChI is InChI=1S/C13H12N2O/c1-10-6-7-14-13(8-10)11-2-4-12(5-3-11)15-9-16/h2-9H,1H3,(H,15,16). The number of pyridine rings is 1. The fourth-order valence-electron chi connectivity index (χ4n) is 1.50. The summed E-state index contributed by atoms with van der Waals surface area (Å²) in [6.07, 6.45) is 2.46. The number of nitrogens with one attached hydrogen (secondary N) is 1. The number of carbonyl (C=O) groups is 1. The largest absolute Gasteiger partial charge is 0.329 e. The van der Waals surface area contributed by atoms with E-state index in [-0.39, 0.29) is 0 Å². The maximum atomic E-state index is 10.3. The quantitative estimate of drug-likeness (QED) is 0.794. The number of hydrogen-bond donors (Lipinski definition) is 1. The van der Waals surface area contributed by atoms with E-state index in [0.29, 0.717) is 6.41 Å². The second-order valence-electron chi connectivity index (χ2n) is 3.56. The van der Waals surface area contributed by atoms with Crippen molar-refractivity contribution in [3.05, 3.63) is 48.2 Å². The number of aryl methyl sites for hydroxylation is 1. The highest BCUT2D eigenvalue weighted by molar-refractivity contribution is 5.73. The van der Waals surface area contributed by atoms with Gasteiger partial charge in [0.15, 0.2) is 0 Å². The van der Waals surface area contributed by atoms with Crippen molar-refractivity contribution < 1.29 is 4.79 Å². The normalized spacial score (nSPS) is 9.81. The van der Waals surface area contributed by atoms with Gasteiger partial charge in [0.05, 0.1) is 5.69 Å². The molecule has 0 unspecified atom stereocenters. The summed E-state index contributed by atoms with van der Waals surface area (Å²) in [6.45, 7) is 2.04. The molecule has 2 rings (SSSR count). The molecule has 0 aliphatic carbocycles. The number of aromatic nitrogens is 1. The predicted octanol–water partition coefficient (Wildman–Crippen LogP) is 2.63.